The van der Waals surface area contributed by atoms with E-state index in [-0.39, 0.29) is 5.75 Å². The van der Waals surface area contributed by atoms with Gasteiger partial charge in [0.25, 0.3) is 10.1 Å². The molecule has 0 saturated carbocycles. The normalized spacial score (nSPS) is 34.1. The number of hydrogen-bond donors (Lipinski definition) is 1. The van der Waals surface area contributed by atoms with Gasteiger partial charge in [-0.3, -0.25) is 0 Å². The van der Waals surface area contributed by atoms with E-state index in [0.717, 1.165) is 0 Å². The predicted octanol–water partition coefficient (Wildman–Crippen LogP) is -0.555. The quantitative estimate of drug-likeness (QED) is 0.473. The van der Waals surface area contributed by atoms with Gasteiger partial charge in [-0.1, -0.05) is 0 Å². The van der Waals surface area contributed by atoms with Crippen LogP contribution in [0.25, 0.3) is 0 Å². The zero-order valence-electron chi connectivity index (χ0n) is 4.78. The summed E-state index contributed by atoms with van der Waals surface area (Å²) in [6.45, 7) is 0. The highest BCUT2D eigenvalue weighted by Gasteiger charge is 2.22. The Labute approximate surface area is 53.6 Å². The molecule has 4 nitrogen and oxygen atoms in total. The molecule has 0 radical (unpaired) electrons. The molecule has 1 fully saturated rings. The molecule has 1 atom stereocenters. The van der Waals surface area contributed by atoms with Gasteiger partial charge < -0.3 is 5.11 Å². The van der Waals surface area contributed by atoms with Gasteiger partial charge in [0, 0.05) is 6.42 Å². The largest absolute Gasteiger partial charge is 0.367 e. The van der Waals surface area contributed by atoms with E-state index in [9.17, 15) is 8.42 Å². The van der Waals surface area contributed by atoms with Crippen molar-refractivity contribution < 1.29 is 17.7 Å². The Morgan fingerprint density at radius 2 is 2.22 bits per heavy atom. The molecule has 9 heavy (non-hydrogen) atoms. The fourth-order valence-corrected chi connectivity index (χ4v) is 1.75. The number of aliphatic hydroxyl groups is 1. The lowest BCUT2D eigenvalue weighted by Gasteiger charge is -2.16. The Morgan fingerprint density at radius 3 is 2.56 bits per heavy atom. The summed E-state index contributed by atoms with van der Waals surface area (Å²) in [5.41, 5.74) is 0. The molecule has 5 heteroatoms. The van der Waals surface area contributed by atoms with Gasteiger partial charge in [0.1, 0.15) is 0 Å². The van der Waals surface area contributed by atoms with E-state index in [1.807, 2.05) is 0 Å². The van der Waals surface area contributed by atoms with Crippen LogP contribution in [0, 0.1) is 0 Å². The van der Waals surface area contributed by atoms with Crippen molar-refractivity contribution >= 4 is 10.1 Å². The Morgan fingerprint density at radius 1 is 1.56 bits per heavy atom. The second-order valence-corrected chi connectivity index (χ2v) is 3.67. The first-order chi connectivity index (χ1) is 4.10. The average Bonchev–Trinajstić information content (AvgIpc) is 1.60. The van der Waals surface area contributed by atoms with Gasteiger partial charge in [-0.05, 0) is 6.42 Å². The monoisotopic (exact) mass is 152 g/mol. The fourth-order valence-electron chi connectivity index (χ4n) is 0.700. The highest BCUT2D eigenvalue weighted by atomic mass is 32.2. The highest BCUT2D eigenvalue weighted by molar-refractivity contribution is 7.86. The van der Waals surface area contributed by atoms with E-state index in [4.69, 9.17) is 5.11 Å². The minimum absolute atomic E-state index is 0.0318. The fraction of sp³-hybridized carbons (Fsp3) is 1.00. The lowest BCUT2D eigenvalue weighted by atomic mass is 10.3. The van der Waals surface area contributed by atoms with Crippen molar-refractivity contribution in [1.29, 1.82) is 0 Å². The van der Waals surface area contributed by atoms with Crippen molar-refractivity contribution in [3.8, 4) is 0 Å². The zero-order chi connectivity index (χ0) is 6.91. The van der Waals surface area contributed by atoms with Crippen LogP contribution >= 0.6 is 0 Å². The Balaban J connectivity index is 2.62. The first-order valence-corrected chi connectivity index (χ1v) is 4.27. The van der Waals surface area contributed by atoms with Crippen LogP contribution in [0.15, 0.2) is 0 Å². The lowest BCUT2D eigenvalue weighted by molar-refractivity contribution is -0.0253. The molecule has 0 amide bonds. The van der Waals surface area contributed by atoms with Gasteiger partial charge in [0.2, 0.25) is 0 Å². The van der Waals surface area contributed by atoms with Gasteiger partial charge in [0.05, 0.1) is 5.75 Å². The Kier molecular flexibility index (Phi) is 1.74. The summed E-state index contributed by atoms with van der Waals surface area (Å²) in [7, 11) is -3.38. The number of aliphatic hydroxyl groups excluding tert-OH is 1. The van der Waals surface area contributed by atoms with Crippen molar-refractivity contribution in [1.82, 2.24) is 0 Å². The molecule has 1 rings (SSSR count). The summed E-state index contributed by atoms with van der Waals surface area (Å²) < 4.78 is 25.2. The predicted molar refractivity (Wildman–Crippen MR) is 30.1 cm³/mol. The van der Waals surface area contributed by atoms with Crippen LogP contribution in [0.4, 0.5) is 0 Å². The third-order valence-electron chi connectivity index (χ3n) is 1.10. The van der Waals surface area contributed by atoms with Gasteiger partial charge in [0.15, 0.2) is 6.29 Å². The van der Waals surface area contributed by atoms with Crippen LogP contribution in [0.2, 0.25) is 0 Å². The summed E-state index contributed by atoms with van der Waals surface area (Å²) >= 11 is 0. The van der Waals surface area contributed by atoms with Crippen LogP contribution in [0.1, 0.15) is 12.8 Å². The molecule has 0 aromatic rings. The molecule has 1 unspecified atom stereocenters. The van der Waals surface area contributed by atoms with E-state index in [1.54, 1.807) is 0 Å². The Bertz CT molecular complexity index is 183. The molecule has 1 saturated heterocycles. The first-order valence-electron chi connectivity index (χ1n) is 2.69. The topological polar surface area (TPSA) is 63.6 Å². The third kappa shape index (κ3) is 1.92. The highest BCUT2D eigenvalue weighted by Crippen LogP contribution is 2.12. The van der Waals surface area contributed by atoms with Crippen LogP contribution in [-0.2, 0) is 14.3 Å². The maximum absolute atomic E-state index is 10.5. The van der Waals surface area contributed by atoms with Gasteiger partial charge >= 0.3 is 0 Å². The van der Waals surface area contributed by atoms with Crippen molar-refractivity contribution in [3.05, 3.63) is 0 Å². The third-order valence-corrected chi connectivity index (χ3v) is 2.41. The standard InChI is InChI=1S/C4H8O4S/c5-4-2-1-3-9(6,7)8-4/h4-5H,1-3H2. The molecular weight excluding hydrogens is 144 g/mol. The van der Waals surface area contributed by atoms with Gasteiger partial charge in [-0.15, -0.1) is 0 Å². The van der Waals surface area contributed by atoms with E-state index < -0.39 is 16.4 Å². The van der Waals surface area contributed by atoms with E-state index in [2.05, 4.69) is 4.18 Å². The van der Waals surface area contributed by atoms with Crippen molar-refractivity contribution in [2.24, 2.45) is 0 Å². The molecule has 0 bridgehead atoms. The van der Waals surface area contributed by atoms with Gasteiger partial charge in [-0.2, -0.15) is 8.42 Å². The van der Waals surface area contributed by atoms with Crippen molar-refractivity contribution in [3.63, 3.8) is 0 Å². The summed E-state index contributed by atoms with van der Waals surface area (Å²) in [5.74, 6) is 0.0318. The molecule has 0 spiro atoms. The van der Waals surface area contributed by atoms with Gasteiger partial charge in [-0.25, -0.2) is 4.18 Å². The molecular formula is C4H8O4S. The maximum atomic E-state index is 10.5. The van der Waals surface area contributed by atoms with Crippen LogP contribution in [-0.4, -0.2) is 25.6 Å². The lowest BCUT2D eigenvalue weighted by Crippen LogP contribution is -2.26. The van der Waals surface area contributed by atoms with E-state index in [1.165, 1.54) is 0 Å². The minimum atomic E-state index is -3.38. The molecule has 0 aliphatic carbocycles. The average molecular weight is 152 g/mol. The van der Waals surface area contributed by atoms with E-state index in [0.29, 0.717) is 12.8 Å². The minimum Gasteiger partial charge on any atom is -0.367 e. The Hall–Kier alpha value is -0.130. The van der Waals surface area contributed by atoms with Crippen molar-refractivity contribution in [2.75, 3.05) is 5.75 Å². The molecule has 0 aromatic heterocycles. The smallest absolute Gasteiger partial charge is 0.269 e. The van der Waals surface area contributed by atoms with Crippen molar-refractivity contribution in [2.45, 2.75) is 19.1 Å². The summed E-state index contributed by atoms with van der Waals surface area (Å²) in [4.78, 5) is 0. The number of hydrogen-bond acceptors (Lipinski definition) is 4. The SMILES string of the molecule is O=S1(=O)CCCC(O)O1. The first kappa shape index (κ1) is 6.98. The number of rotatable bonds is 0. The zero-order valence-corrected chi connectivity index (χ0v) is 5.60. The van der Waals surface area contributed by atoms with Crippen LogP contribution in [0.5, 0.6) is 0 Å². The summed E-state index contributed by atoms with van der Waals surface area (Å²) in [6, 6.07) is 0. The maximum Gasteiger partial charge on any atom is 0.269 e. The van der Waals surface area contributed by atoms with Crippen LogP contribution in [0.3, 0.4) is 0 Å². The second kappa shape index (κ2) is 2.24. The second-order valence-electron chi connectivity index (χ2n) is 1.95. The summed E-state index contributed by atoms with van der Waals surface area (Å²) in [6.07, 6.45) is -0.202. The van der Waals surface area contributed by atoms with Crippen LogP contribution < -0.4 is 0 Å². The molecule has 0 aromatic carbocycles. The summed E-state index contributed by atoms with van der Waals surface area (Å²) in [5, 5.41) is 8.64. The molecule has 1 N–H and O–H groups in total. The molecule has 1 heterocycles. The molecule has 1 aliphatic heterocycles. The van der Waals surface area contributed by atoms with E-state index >= 15 is 0 Å². The molecule has 54 valence electrons. The molecule has 1 aliphatic rings.